The van der Waals surface area contributed by atoms with Crippen molar-refractivity contribution in [2.45, 2.75) is 13.5 Å². The van der Waals surface area contributed by atoms with Crippen molar-refractivity contribution >= 4 is 22.7 Å². The summed E-state index contributed by atoms with van der Waals surface area (Å²) in [7, 11) is 0. The molecule has 116 valence electrons. The van der Waals surface area contributed by atoms with Gasteiger partial charge in [-0.15, -0.1) is 0 Å². The van der Waals surface area contributed by atoms with Gasteiger partial charge in [-0.2, -0.15) is 0 Å². The molecule has 0 aliphatic rings. The maximum Gasteiger partial charge on any atom is 0.253 e. The van der Waals surface area contributed by atoms with Crippen molar-refractivity contribution in [3.05, 3.63) is 65.9 Å². The van der Waals surface area contributed by atoms with Crippen molar-refractivity contribution in [1.82, 2.24) is 14.9 Å². The number of nitrogens with one attached hydrogen (secondary N) is 1. The van der Waals surface area contributed by atoms with Gasteiger partial charge in [0, 0.05) is 24.7 Å². The highest BCUT2D eigenvalue weighted by molar-refractivity contribution is 6.09. The SMILES string of the molecule is CC(=O)n1cc(C(=O)NCc2ccccn2)c2cc(F)ccc21. The molecule has 0 saturated heterocycles. The first-order valence-corrected chi connectivity index (χ1v) is 7.06. The zero-order valence-corrected chi connectivity index (χ0v) is 12.4. The zero-order chi connectivity index (χ0) is 16.4. The lowest BCUT2D eigenvalue weighted by atomic mass is 10.1. The summed E-state index contributed by atoms with van der Waals surface area (Å²) in [5.41, 5.74) is 1.47. The Morgan fingerprint density at radius 1 is 1.26 bits per heavy atom. The number of rotatable bonds is 3. The number of pyridine rings is 1. The van der Waals surface area contributed by atoms with Crippen molar-refractivity contribution < 1.29 is 14.0 Å². The molecule has 1 aromatic carbocycles. The van der Waals surface area contributed by atoms with Crippen molar-refractivity contribution in [3.8, 4) is 0 Å². The zero-order valence-electron chi connectivity index (χ0n) is 12.4. The number of carbonyl (C=O) groups is 2. The number of hydrogen-bond acceptors (Lipinski definition) is 3. The number of amides is 1. The predicted molar refractivity (Wildman–Crippen MR) is 83.6 cm³/mol. The molecule has 0 unspecified atom stereocenters. The minimum atomic E-state index is -0.461. The molecular weight excluding hydrogens is 297 g/mol. The molecule has 5 nitrogen and oxygen atoms in total. The number of fused-ring (bicyclic) bond motifs is 1. The van der Waals surface area contributed by atoms with Gasteiger partial charge < -0.3 is 5.32 Å². The van der Waals surface area contributed by atoms with E-state index in [0.29, 0.717) is 16.6 Å². The molecule has 0 fully saturated rings. The number of carbonyl (C=O) groups excluding carboxylic acids is 2. The third kappa shape index (κ3) is 2.96. The van der Waals surface area contributed by atoms with Crippen LogP contribution in [0.3, 0.4) is 0 Å². The Bertz CT molecular complexity index is 887. The van der Waals surface area contributed by atoms with E-state index in [9.17, 15) is 14.0 Å². The normalized spacial score (nSPS) is 10.7. The van der Waals surface area contributed by atoms with Crippen molar-refractivity contribution in [3.63, 3.8) is 0 Å². The fourth-order valence-electron chi connectivity index (χ4n) is 2.41. The molecule has 0 atom stereocenters. The molecule has 6 heteroatoms. The summed E-state index contributed by atoms with van der Waals surface area (Å²) >= 11 is 0. The highest BCUT2D eigenvalue weighted by Gasteiger charge is 2.17. The Morgan fingerprint density at radius 3 is 2.78 bits per heavy atom. The highest BCUT2D eigenvalue weighted by Crippen LogP contribution is 2.22. The van der Waals surface area contributed by atoms with E-state index >= 15 is 0 Å². The van der Waals surface area contributed by atoms with E-state index in [-0.39, 0.29) is 23.9 Å². The average Bonchev–Trinajstić information content (AvgIpc) is 2.92. The van der Waals surface area contributed by atoms with Gasteiger partial charge in [-0.05, 0) is 30.3 Å². The van der Waals surface area contributed by atoms with Gasteiger partial charge in [-0.25, -0.2) is 4.39 Å². The van der Waals surface area contributed by atoms with Crippen LogP contribution in [0.25, 0.3) is 10.9 Å². The van der Waals surface area contributed by atoms with Gasteiger partial charge in [0.2, 0.25) is 5.91 Å². The highest BCUT2D eigenvalue weighted by atomic mass is 19.1. The monoisotopic (exact) mass is 311 g/mol. The number of hydrogen-bond donors (Lipinski definition) is 1. The lowest BCUT2D eigenvalue weighted by molar-refractivity contribution is 0.0941. The summed E-state index contributed by atoms with van der Waals surface area (Å²) in [6.07, 6.45) is 3.07. The molecule has 23 heavy (non-hydrogen) atoms. The summed E-state index contributed by atoms with van der Waals surface area (Å²) in [5, 5.41) is 3.13. The molecule has 1 amide bonds. The van der Waals surface area contributed by atoms with Crippen LogP contribution < -0.4 is 5.32 Å². The molecule has 1 N–H and O–H groups in total. The summed E-state index contributed by atoms with van der Waals surface area (Å²) in [5.74, 6) is -1.09. The van der Waals surface area contributed by atoms with E-state index in [4.69, 9.17) is 0 Å². The van der Waals surface area contributed by atoms with Crippen LogP contribution in [0.2, 0.25) is 0 Å². The average molecular weight is 311 g/mol. The summed E-state index contributed by atoms with van der Waals surface area (Å²) in [4.78, 5) is 28.2. The number of nitrogens with zero attached hydrogens (tertiary/aromatic N) is 2. The maximum atomic E-state index is 13.5. The fraction of sp³-hybridized carbons (Fsp3) is 0.118. The van der Waals surface area contributed by atoms with Crippen LogP contribution in [0, 0.1) is 5.82 Å². The quantitative estimate of drug-likeness (QED) is 0.809. The summed E-state index contributed by atoms with van der Waals surface area (Å²) in [6.45, 7) is 1.64. The van der Waals surface area contributed by atoms with Crippen LogP contribution in [-0.4, -0.2) is 21.4 Å². The molecule has 0 radical (unpaired) electrons. The van der Waals surface area contributed by atoms with Gasteiger partial charge in [0.1, 0.15) is 5.82 Å². The Labute approximate surface area is 131 Å². The van der Waals surface area contributed by atoms with E-state index in [2.05, 4.69) is 10.3 Å². The fourth-order valence-corrected chi connectivity index (χ4v) is 2.41. The van der Waals surface area contributed by atoms with Crippen LogP contribution in [-0.2, 0) is 6.54 Å². The first kappa shape index (κ1) is 14.9. The lowest BCUT2D eigenvalue weighted by Crippen LogP contribution is -2.23. The van der Waals surface area contributed by atoms with E-state index in [1.807, 2.05) is 6.07 Å². The van der Waals surface area contributed by atoms with Crippen molar-refractivity contribution in [2.75, 3.05) is 0 Å². The van der Waals surface area contributed by atoms with Gasteiger partial charge in [0.15, 0.2) is 0 Å². The molecule has 3 rings (SSSR count). The second kappa shape index (κ2) is 6.00. The van der Waals surface area contributed by atoms with Gasteiger partial charge in [0.05, 0.1) is 23.3 Å². The minimum Gasteiger partial charge on any atom is -0.346 e. The molecule has 0 bridgehead atoms. The number of halogens is 1. The van der Waals surface area contributed by atoms with Gasteiger partial charge in [-0.1, -0.05) is 6.07 Å². The summed E-state index contributed by atoms with van der Waals surface area (Å²) in [6, 6.07) is 9.41. The Hall–Kier alpha value is -3.02. The maximum absolute atomic E-state index is 13.5. The Morgan fingerprint density at radius 2 is 2.09 bits per heavy atom. The van der Waals surface area contributed by atoms with Crippen LogP contribution in [0.15, 0.2) is 48.8 Å². The van der Waals surface area contributed by atoms with Crippen LogP contribution in [0.1, 0.15) is 27.8 Å². The number of aromatic nitrogens is 2. The Balaban J connectivity index is 1.93. The standard InChI is InChI=1S/C17H14FN3O2/c1-11(22)21-10-15(14-8-12(18)5-6-16(14)21)17(23)20-9-13-4-2-3-7-19-13/h2-8,10H,9H2,1H3,(H,20,23). The number of benzene rings is 1. The van der Waals surface area contributed by atoms with Crippen LogP contribution >= 0.6 is 0 Å². The molecule has 0 aliphatic carbocycles. The summed E-state index contributed by atoms with van der Waals surface area (Å²) < 4.78 is 14.8. The second-order valence-corrected chi connectivity index (χ2v) is 5.10. The first-order chi connectivity index (χ1) is 11.1. The van der Waals surface area contributed by atoms with E-state index < -0.39 is 5.82 Å². The molecular formula is C17H14FN3O2. The van der Waals surface area contributed by atoms with Gasteiger partial charge >= 0.3 is 0 Å². The molecule has 2 heterocycles. The predicted octanol–water partition coefficient (Wildman–Crippen LogP) is 2.77. The van der Waals surface area contributed by atoms with Crippen molar-refractivity contribution in [2.24, 2.45) is 0 Å². The molecule has 3 aromatic rings. The van der Waals surface area contributed by atoms with Crippen LogP contribution in [0.4, 0.5) is 4.39 Å². The topological polar surface area (TPSA) is 64.0 Å². The third-order valence-corrected chi connectivity index (χ3v) is 3.51. The van der Waals surface area contributed by atoms with Crippen molar-refractivity contribution in [1.29, 1.82) is 0 Å². The first-order valence-electron chi connectivity index (χ1n) is 7.06. The van der Waals surface area contributed by atoms with E-state index in [0.717, 1.165) is 0 Å². The van der Waals surface area contributed by atoms with Gasteiger partial charge in [-0.3, -0.25) is 19.1 Å². The third-order valence-electron chi connectivity index (χ3n) is 3.51. The van der Waals surface area contributed by atoms with Crippen LogP contribution in [0.5, 0.6) is 0 Å². The second-order valence-electron chi connectivity index (χ2n) is 5.10. The van der Waals surface area contributed by atoms with E-state index in [1.54, 1.807) is 18.3 Å². The molecule has 0 saturated carbocycles. The van der Waals surface area contributed by atoms with Gasteiger partial charge in [0.25, 0.3) is 5.91 Å². The van der Waals surface area contributed by atoms with E-state index in [1.165, 1.54) is 35.9 Å². The molecule has 2 aromatic heterocycles. The largest absolute Gasteiger partial charge is 0.346 e. The smallest absolute Gasteiger partial charge is 0.253 e. The molecule has 0 spiro atoms. The molecule has 0 aliphatic heterocycles. The minimum absolute atomic E-state index is 0.245. The Kier molecular flexibility index (Phi) is 3.89. The lowest BCUT2D eigenvalue weighted by Gasteiger charge is -2.03.